The number of fused-ring (bicyclic) bond motifs is 4. The highest BCUT2D eigenvalue weighted by atomic mass is 16.6. The quantitative estimate of drug-likeness (QED) is 0.0687. The Kier molecular flexibility index (Phi) is 11.7. The number of nitrogens with zero attached hydrogens (tertiary/aromatic N) is 1. The molecule has 14 heteroatoms. The van der Waals surface area contributed by atoms with Gasteiger partial charge in [0.2, 0.25) is 11.7 Å². The molecule has 64 heavy (non-hydrogen) atoms. The minimum absolute atomic E-state index is 0.0582. The summed E-state index contributed by atoms with van der Waals surface area (Å²) in [6, 6.07) is -0.874. The van der Waals surface area contributed by atoms with Crippen LogP contribution in [0.15, 0.2) is 11.1 Å². The van der Waals surface area contributed by atoms with E-state index in [1.54, 1.807) is 18.9 Å². The Morgan fingerprint density at radius 3 is 2.52 bits per heavy atom. The van der Waals surface area contributed by atoms with Gasteiger partial charge >= 0.3 is 0 Å². The number of piperidine rings is 1. The maximum Gasteiger partial charge on any atom is 0.240 e. The third-order valence-corrected chi connectivity index (χ3v) is 19.7. The van der Waals surface area contributed by atoms with E-state index >= 15 is 4.79 Å². The normalized spacial score (nSPS) is 48.6. The Morgan fingerprint density at radius 2 is 1.77 bits per heavy atom. The molecule has 11 aliphatic rings. The second-order valence-corrected chi connectivity index (χ2v) is 22.7. The van der Waals surface area contributed by atoms with Gasteiger partial charge in [-0.2, -0.15) is 0 Å². The molecular weight excluding hydrogens is 819 g/mol. The lowest BCUT2D eigenvalue weighted by molar-refractivity contribution is -0.348. The van der Waals surface area contributed by atoms with E-state index in [9.17, 15) is 35.4 Å². The zero-order valence-corrected chi connectivity index (χ0v) is 38.5. The highest BCUT2D eigenvalue weighted by molar-refractivity contribution is 6.01. The van der Waals surface area contributed by atoms with E-state index in [-0.39, 0.29) is 61.1 Å². The Morgan fingerprint density at radius 1 is 0.984 bits per heavy atom. The molecule has 0 aromatic heterocycles. The average Bonchev–Trinajstić information content (AvgIpc) is 3.85. The molecule has 0 aromatic rings. The van der Waals surface area contributed by atoms with Crippen LogP contribution in [0, 0.1) is 63.6 Å². The van der Waals surface area contributed by atoms with Crippen molar-refractivity contribution in [2.24, 2.45) is 51.8 Å². The van der Waals surface area contributed by atoms with Crippen molar-refractivity contribution in [3.8, 4) is 11.8 Å². The average molecular weight is 894 g/mol. The van der Waals surface area contributed by atoms with Crippen LogP contribution in [0.2, 0.25) is 0 Å². The van der Waals surface area contributed by atoms with Crippen LogP contribution in [0.4, 0.5) is 0 Å². The van der Waals surface area contributed by atoms with Crippen molar-refractivity contribution in [1.29, 1.82) is 0 Å². The number of aliphatic hydroxyl groups is 6. The molecule has 1 spiro atoms. The van der Waals surface area contributed by atoms with Crippen LogP contribution in [0.5, 0.6) is 0 Å². The number of methoxy groups -OCH3 is 1. The summed E-state index contributed by atoms with van der Waals surface area (Å²) in [4.78, 5) is 31.5. The molecule has 4 saturated carbocycles. The van der Waals surface area contributed by atoms with Gasteiger partial charge in [0.15, 0.2) is 5.78 Å². The number of Topliss-reactive ketones (excluding diaryl/α,β-unsaturated/α-hetero) is 1. The summed E-state index contributed by atoms with van der Waals surface area (Å²) in [5, 5.41) is 82.3. The third kappa shape index (κ3) is 6.45. The fourth-order valence-corrected chi connectivity index (χ4v) is 16.5. The number of nitrogens with one attached hydrogen (secondary N) is 2. The summed E-state index contributed by atoms with van der Waals surface area (Å²) in [6.07, 6.45) is 6.17. The van der Waals surface area contributed by atoms with E-state index in [2.05, 4.69) is 29.4 Å². The van der Waals surface area contributed by atoms with Crippen molar-refractivity contribution in [3.63, 3.8) is 0 Å². The van der Waals surface area contributed by atoms with Gasteiger partial charge in [-0.3, -0.25) is 14.9 Å². The molecule has 7 bridgehead atoms. The first-order valence-corrected chi connectivity index (χ1v) is 25.0. The SMILES string of the molecule is COCCCO[C@H]1CC[C@@]2(C)[C@@H](C1)C(=O)C1=C3[C@@]24C#CC[C@H]2CN2C(=O)[C@@H]2C[C@@H]5[C@@H](CNC[C@H](C)O)[C@H](O[C@@H]5[C@H](O)N2)C(O)(O)[C@@](C)(O)[C@H]2C[C@@H](CC1)[C@]3(O)[C@]2(C1CCCCC1)CC4. The molecule has 356 valence electrons. The molecule has 5 aliphatic heterocycles. The summed E-state index contributed by atoms with van der Waals surface area (Å²) in [5.74, 6) is 1.81. The largest absolute Gasteiger partial charge is 0.392 e. The lowest BCUT2D eigenvalue weighted by atomic mass is 9.35. The second kappa shape index (κ2) is 16.3. The minimum atomic E-state index is -2.89. The number of carbonyl (C=O) groups excluding carboxylic acids is 2. The van der Waals surface area contributed by atoms with Crippen molar-refractivity contribution in [1.82, 2.24) is 15.5 Å². The first-order chi connectivity index (χ1) is 30.5. The van der Waals surface area contributed by atoms with Crippen molar-refractivity contribution >= 4 is 11.7 Å². The van der Waals surface area contributed by atoms with Gasteiger partial charge < -0.3 is 55.1 Å². The van der Waals surface area contributed by atoms with Crippen LogP contribution in [-0.2, 0) is 23.8 Å². The van der Waals surface area contributed by atoms with Crippen LogP contribution < -0.4 is 10.6 Å². The molecule has 3 saturated heterocycles. The van der Waals surface area contributed by atoms with E-state index in [1.807, 2.05) is 0 Å². The first-order valence-electron chi connectivity index (χ1n) is 25.0. The Bertz CT molecular complexity index is 1940. The molecule has 11 rings (SSSR count). The Hall–Kier alpha value is -2.00. The number of aliphatic hydroxyl groups excluding tert-OH is 2. The number of rotatable bonds is 10. The van der Waals surface area contributed by atoms with E-state index in [0.717, 1.165) is 50.5 Å². The third-order valence-electron chi connectivity index (χ3n) is 19.7. The van der Waals surface area contributed by atoms with Crippen molar-refractivity contribution in [2.75, 3.05) is 40.0 Å². The van der Waals surface area contributed by atoms with Crippen LogP contribution in [0.1, 0.15) is 124 Å². The predicted molar refractivity (Wildman–Crippen MR) is 234 cm³/mol. The number of ether oxygens (including phenoxy) is 3. The highest BCUT2D eigenvalue weighted by Gasteiger charge is 2.81. The zero-order chi connectivity index (χ0) is 45.2. The molecule has 6 aliphatic carbocycles. The van der Waals surface area contributed by atoms with Crippen LogP contribution >= 0.6 is 0 Å². The standard InChI is InChI=1S/C50H75N3O11/c1-28(54)25-51-26-35-34-24-37-44(57)53-27-31(53)12-8-16-47-18-19-48(29-10-6-5-7-11-29)38(46(3,58)50(60,61)42(35)64-40(34)43(56)52-37)22-30-13-14-33(41(47)49(30,48)59)39(55)36-23-32(15-17-45(36,47)2)63-21-9-20-62-4/h28-32,34-38,40,42-43,51-52,54,56,58-61H,5-7,9-15,17-27H2,1-4H3/t28-,30+,31-,32-,34+,35+,36-,37-,38+,40-,42-,43-,45-,46-,47-,48-,49+,53?/m0/s1. The van der Waals surface area contributed by atoms with Crippen molar-refractivity contribution < 1.29 is 54.4 Å². The summed E-state index contributed by atoms with van der Waals surface area (Å²) in [5.41, 5.74) is -4.87. The summed E-state index contributed by atoms with van der Waals surface area (Å²) >= 11 is 0. The van der Waals surface area contributed by atoms with Crippen LogP contribution in [-0.4, -0.2) is 147 Å². The fourth-order valence-electron chi connectivity index (χ4n) is 16.5. The molecule has 8 N–H and O–H groups in total. The number of hydrogen-bond acceptors (Lipinski definition) is 13. The molecule has 0 aromatic carbocycles. The predicted octanol–water partition coefficient (Wildman–Crippen LogP) is 2.30. The zero-order valence-electron chi connectivity index (χ0n) is 38.5. The lowest BCUT2D eigenvalue weighted by Crippen LogP contribution is -2.73. The topological polar surface area (TPSA) is 210 Å². The van der Waals surface area contributed by atoms with Crippen molar-refractivity contribution in [2.45, 2.75) is 183 Å². The van der Waals surface area contributed by atoms with Gasteiger partial charge in [-0.1, -0.05) is 32.1 Å². The van der Waals surface area contributed by atoms with E-state index in [1.165, 1.54) is 6.92 Å². The summed E-state index contributed by atoms with van der Waals surface area (Å²) < 4.78 is 18.3. The minimum Gasteiger partial charge on any atom is -0.392 e. The monoisotopic (exact) mass is 894 g/mol. The van der Waals surface area contributed by atoms with Gasteiger partial charge in [-0.25, -0.2) is 0 Å². The molecule has 0 radical (unpaired) electrons. The molecule has 1 amide bonds. The van der Waals surface area contributed by atoms with Gasteiger partial charge in [0.25, 0.3) is 0 Å². The van der Waals surface area contributed by atoms with Crippen LogP contribution in [0.3, 0.4) is 0 Å². The van der Waals surface area contributed by atoms with Gasteiger partial charge in [-0.15, -0.1) is 5.92 Å². The first kappa shape index (κ1) is 45.8. The van der Waals surface area contributed by atoms with Gasteiger partial charge in [-0.05, 0) is 125 Å². The molecule has 7 fully saturated rings. The Balaban J connectivity index is 1.14. The van der Waals surface area contributed by atoms with Gasteiger partial charge in [0, 0.05) is 69.5 Å². The smallest absolute Gasteiger partial charge is 0.240 e. The lowest BCUT2D eigenvalue weighted by Gasteiger charge is -2.69. The summed E-state index contributed by atoms with van der Waals surface area (Å²) in [7, 11) is 1.68. The maximum atomic E-state index is 15.4. The summed E-state index contributed by atoms with van der Waals surface area (Å²) in [6.45, 7) is 7.49. The second-order valence-electron chi connectivity index (χ2n) is 22.7. The highest BCUT2D eigenvalue weighted by Crippen LogP contribution is 2.79. The molecule has 14 nitrogen and oxygen atoms in total. The van der Waals surface area contributed by atoms with E-state index in [0.29, 0.717) is 76.7 Å². The number of amides is 1. The van der Waals surface area contributed by atoms with Gasteiger partial charge in [0.1, 0.15) is 24.0 Å². The molecule has 17 atom stereocenters. The van der Waals surface area contributed by atoms with Crippen LogP contribution in [0.25, 0.3) is 0 Å². The number of ketones is 1. The molecule has 0 unspecified atom stereocenters. The van der Waals surface area contributed by atoms with E-state index in [4.69, 9.17) is 14.2 Å². The number of hydrogen-bond donors (Lipinski definition) is 8. The van der Waals surface area contributed by atoms with Crippen molar-refractivity contribution in [3.05, 3.63) is 11.1 Å². The Labute approximate surface area is 378 Å². The number of carbonyl (C=O) groups is 2. The molecule has 5 heterocycles. The van der Waals surface area contributed by atoms with E-state index < -0.39 is 81.6 Å². The fraction of sp³-hybridized carbons (Fsp3) is 0.880. The number of allylic oxidation sites excluding steroid dienone is 1. The maximum absolute atomic E-state index is 15.4. The molecular formula is C50H75N3O11. The van der Waals surface area contributed by atoms with Gasteiger partial charge in [0.05, 0.1) is 35.3 Å².